The number of aliphatic hydroxyl groups is 4. The molecule has 1 heterocycles. The predicted octanol–water partition coefficient (Wildman–Crippen LogP) is -1.76. The van der Waals surface area contributed by atoms with Gasteiger partial charge in [0, 0.05) is 4.43 Å². The Labute approximate surface area is 101 Å². The molecule has 0 bridgehead atoms. The van der Waals surface area contributed by atoms with Crippen molar-refractivity contribution in [1.82, 2.24) is 0 Å². The molecule has 0 radical (unpaired) electrons. The first-order valence-corrected chi connectivity index (χ1v) is 6.12. The number of aliphatic hydroxyl groups excluding tert-OH is 4. The molecule has 0 amide bonds. The second kappa shape index (κ2) is 6.28. The topological polar surface area (TPSA) is 99.4 Å². The predicted molar refractivity (Wildman–Crippen MR) is 58.6 cm³/mol. The SMILES string of the molecule is OCC1O[C@H](OCCI)C(O)C(O)C1O. The van der Waals surface area contributed by atoms with Gasteiger partial charge in [-0.2, -0.15) is 0 Å². The van der Waals surface area contributed by atoms with Crippen molar-refractivity contribution in [2.75, 3.05) is 17.6 Å². The number of hydrogen-bond donors (Lipinski definition) is 4. The third-order valence-corrected chi connectivity index (χ3v) is 2.65. The van der Waals surface area contributed by atoms with Gasteiger partial charge in [0.15, 0.2) is 6.29 Å². The summed E-state index contributed by atoms with van der Waals surface area (Å²) >= 11 is 2.09. The fourth-order valence-electron chi connectivity index (χ4n) is 1.37. The Hall–Kier alpha value is 0.490. The normalized spacial score (nSPS) is 41.8. The summed E-state index contributed by atoms with van der Waals surface area (Å²) in [7, 11) is 0. The van der Waals surface area contributed by atoms with Crippen LogP contribution in [0.4, 0.5) is 0 Å². The molecule has 1 rings (SSSR count). The van der Waals surface area contributed by atoms with Gasteiger partial charge in [0.25, 0.3) is 0 Å². The van der Waals surface area contributed by atoms with Gasteiger partial charge in [-0.3, -0.25) is 0 Å². The van der Waals surface area contributed by atoms with Crippen LogP contribution < -0.4 is 0 Å². The zero-order valence-corrected chi connectivity index (χ0v) is 10.1. The molecule has 15 heavy (non-hydrogen) atoms. The Kier molecular flexibility index (Phi) is 5.68. The summed E-state index contributed by atoms with van der Waals surface area (Å²) in [6.07, 6.45) is -5.90. The highest BCUT2D eigenvalue weighted by Gasteiger charge is 2.43. The van der Waals surface area contributed by atoms with Gasteiger partial charge in [0.1, 0.15) is 24.4 Å². The molecule has 0 aromatic carbocycles. The summed E-state index contributed by atoms with van der Waals surface area (Å²) in [5, 5.41) is 37.2. The maximum atomic E-state index is 9.50. The second-order valence-corrected chi connectivity index (χ2v) is 4.34. The van der Waals surface area contributed by atoms with E-state index < -0.39 is 37.3 Å². The van der Waals surface area contributed by atoms with Gasteiger partial charge in [-0.15, -0.1) is 0 Å². The molecular formula is C8H15IO6. The Balaban J connectivity index is 2.57. The van der Waals surface area contributed by atoms with Crippen LogP contribution in [0.25, 0.3) is 0 Å². The number of halogens is 1. The lowest BCUT2D eigenvalue weighted by Gasteiger charge is -2.39. The third-order valence-electron chi connectivity index (χ3n) is 2.21. The molecule has 90 valence electrons. The van der Waals surface area contributed by atoms with Crippen LogP contribution in [0, 0.1) is 0 Å². The first kappa shape index (κ1) is 13.6. The van der Waals surface area contributed by atoms with Crippen molar-refractivity contribution in [3.8, 4) is 0 Å². The molecule has 1 fully saturated rings. The lowest BCUT2D eigenvalue weighted by Crippen LogP contribution is -2.59. The molecule has 6 nitrogen and oxygen atoms in total. The molecule has 5 atom stereocenters. The van der Waals surface area contributed by atoms with Crippen LogP contribution in [0.3, 0.4) is 0 Å². The summed E-state index contributed by atoms with van der Waals surface area (Å²) in [4.78, 5) is 0. The zero-order valence-electron chi connectivity index (χ0n) is 7.99. The van der Waals surface area contributed by atoms with Crippen LogP contribution in [0.1, 0.15) is 0 Å². The van der Waals surface area contributed by atoms with Gasteiger partial charge in [-0.05, 0) is 0 Å². The monoisotopic (exact) mass is 334 g/mol. The van der Waals surface area contributed by atoms with Gasteiger partial charge in [-0.25, -0.2) is 0 Å². The lowest BCUT2D eigenvalue weighted by molar-refractivity contribution is -0.299. The van der Waals surface area contributed by atoms with E-state index in [2.05, 4.69) is 22.6 Å². The minimum Gasteiger partial charge on any atom is -0.394 e. The molecule has 7 heteroatoms. The largest absolute Gasteiger partial charge is 0.394 e. The van der Waals surface area contributed by atoms with E-state index in [0.717, 1.165) is 0 Å². The fraction of sp³-hybridized carbons (Fsp3) is 1.00. The molecule has 0 spiro atoms. The summed E-state index contributed by atoms with van der Waals surface area (Å²) in [5.74, 6) is 0. The maximum Gasteiger partial charge on any atom is 0.186 e. The van der Waals surface area contributed by atoms with Crippen molar-refractivity contribution in [3.05, 3.63) is 0 Å². The van der Waals surface area contributed by atoms with E-state index in [9.17, 15) is 15.3 Å². The van der Waals surface area contributed by atoms with Crippen molar-refractivity contribution < 1.29 is 29.9 Å². The van der Waals surface area contributed by atoms with Gasteiger partial charge in [0.2, 0.25) is 0 Å². The highest BCUT2D eigenvalue weighted by atomic mass is 127. The van der Waals surface area contributed by atoms with Crippen LogP contribution >= 0.6 is 22.6 Å². The van der Waals surface area contributed by atoms with Crippen molar-refractivity contribution in [2.24, 2.45) is 0 Å². The van der Waals surface area contributed by atoms with E-state index in [0.29, 0.717) is 11.0 Å². The van der Waals surface area contributed by atoms with Gasteiger partial charge in [0.05, 0.1) is 13.2 Å². The number of ether oxygens (including phenoxy) is 2. The van der Waals surface area contributed by atoms with Crippen LogP contribution in [0.5, 0.6) is 0 Å². The molecule has 0 aromatic rings. The number of alkyl halides is 1. The Bertz CT molecular complexity index is 190. The van der Waals surface area contributed by atoms with Crippen LogP contribution in [-0.4, -0.2) is 68.8 Å². The minimum atomic E-state index is -1.37. The van der Waals surface area contributed by atoms with Crippen LogP contribution in [0.15, 0.2) is 0 Å². The number of rotatable bonds is 4. The summed E-state index contributed by atoms with van der Waals surface area (Å²) in [6.45, 7) is -0.0711. The maximum absolute atomic E-state index is 9.50. The van der Waals surface area contributed by atoms with E-state index in [1.165, 1.54) is 0 Å². The van der Waals surface area contributed by atoms with E-state index in [-0.39, 0.29) is 0 Å². The molecule has 0 saturated carbocycles. The first-order chi connectivity index (χ1) is 7.11. The van der Waals surface area contributed by atoms with Crippen molar-refractivity contribution in [1.29, 1.82) is 0 Å². The van der Waals surface area contributed by atoms with E-state index >= 15 is 0 Å². The molecular weight excluding hydrogens is 319 g/mol. The highest BCUT2D eigenvalue weighted by molar-refractivity contribution is 14.1. The van der Waals surface area contributed by atoms with E-state index in [1.54, 1.807) is 0 Å². The van der Waals surface area contributed by atoms with Gasteiger partial charge < -0.3 is 29.9 Å². The second-order valence-electron chi connectivity index (χ2n) is 3.26. The molecule has 0 aromatic heterocycles. The molecule has 1 saturated heterocycles. The average molecular weight is 334 g/mol. The molecule has 1 aliphatic heterocycles. The van der Waals surface area contributed by atoms with E-state index in [1.807, 2.05) is 0 Å². The standard InChI is InChI=1S/C8H15IO6/c9-1-2-14-8-7(13)6(12)5(11)4(3-10)15-8/h4-8,10-13H,1-3H2/t4?,5?,6?,7?,8-/m0/s1. The van der Waals surface area contributed by atoms with Crippen molar-refractivity contribution in [3.63, 3.8) is 0 Å². The molecule has 0 aliphatic carbocycles. The average Bonchev–Trinajstić information content (AvgIpc) is 2.25. The summed E-state index contributed by atoms with van der Waals surface area (Å²) in [6, 6.07) is 0. The molecule has 1 aliphatic rings. The van der Waals surface area contributed by atoms with Crippen molar-refractivity contribution in [2.45, 2.75) is 30.7 Å². The highest BCUT2D eigenvalue weighted by Crippen LogP contribution is 2.21. The fourth-order valence-corrected chi connectivity index (χ4v) is 1.62. The van der Waals surface area contributed by atoms with Crippen LogP contribution in [-0.2, 0) is 9.47 Å². The quantitative estimate of drug-likeness (QED) is 0.359. The smallest absolute Gasteiger partial charge is 0.186 e. The zero-order chi connectivity index (χ0) is 11.4. The summed E-state index contributed by atoms with van der Waals surface area (Å²) < 4.78 is 10.9. The first-order valence-electron chi connectivity index (χ1n) is 4.60. The Morgan fingerprint density at radius 3 is 2.33 bits per heavy atom. The molecule has 4 unspecified atom stereocenters. The molecule has 4 N–H and O–H groups in total. The van der Waals surface area contributed by atoms with Crippen molar-refractivity contribution >= 4 is 22.6 Å². The van der Waals surface area contributed by atoms with Gasteiger partial charge in [-0.1, -0.05) is 22.6 Å². The van der Waals surface area contributed by atoms with Crippen LogP contribution in [0.2, 0.25) is 0 Å². The Morgan fingerprint density at radius 1 is 1.13 bits per heavy atom. The summed E-state index contributed by atoms with van der Waals surface area (Å²) in [5.41, 5.74) is 0. The number of hydrogen-bond acceptors (Lipinski definition) is 6. The van der Waals surface area contributed by atoms with Gasteiger partial charge >= 0.3 is 0 Å². The lowest BCUT2D eigenvalue weighted by atomic mass is 9.99. The Morgan fingerprint density at radius 2 is 1.80 bits per heavy atom. The third kappa shape index (κ3) is 3.22. The van der Waals surface area contributed by atoms with E-state index in [4.69, 9.17) is 14.6 Å². The minimum absolute atomic E-state index is 0.364.